The van der Waals surface area contributed by atoms with E-state index < -0.39 is 0 Å². The molecule has 0 fully saturated rings. The molecule has 0 aliphatic carbocycles. The molecule has 0 aliphatic heterocycles. The number of nitrogens with one attached hydrogen (secondary N) is 2. The van der Waals surface area contributed by atoms with Crippen molar-refractivity contribution in [3.05, 3.63) is 11.1 Å². The van der Waals surface area contributed by atoms with Crippen molar-refractivity contribution < 1.29 is 14.3 Å². The molecule has 3 amide bonds. The van der Waals surface area contributed by atoms with Crippen LogP contribution in [-0.4, -0.2) is 55.2 Å². The molecule has 0 atom stereocenters. The van der Waals surface area contributed by atoms with Crippen molar-refractivity contribution in [2.75, 3.05) is 38.7 Å². The van der Waals surface area contributed by atoms with Crippen LogP contribution in [0.3, 0.4) is 0 Å². The van der Waals surface area contributed by atoms with E-state index in [1.165, 1.54) is 16.2 Å². The minimum atomic E-state index is -0.268. The Balaban J connectivity index is 2.51. The zero-order valence-electron chi connectivity index (χ0n) is 13.3. The Labute approximate surface area is 135 Å². The predicted octanol–water partition coefficient (Wildman–Crippen LogP) is 1.85. The van der Waals surface area contributed by atoms with E-state index in [0.717, 1.165) is 17.7 Å². The van der Waals surface area contributed by atoms with Gasteiger partial charge in [0.2, 0.25) is 5.91 Å². The van der Waals surface area contributed by atoms with Crippen molar-refractivity contribution in [1.82, 2.24) is 15.2 Å². The first kappa shape index (κ1) is 18.4. The number of aryl methyl sites for hydroxylation is 1. The fraction of sp³-hybridized carbons (Fsp3) is 0.643. The van der Waals surface area contributed by atoms with Crippen LogP contribution in [0.25, 0.3) is 0 Å². The number of hydrogen-bond acceptors (Lipinski definition) is 5. The number of nitrogens with zero attached hydrogens (tertiary/aromatic N) is 2. The molecule has 0 saturated heterocycles. The van der Waals surface area contributed by atoms with Crippen molar-refractivity contribution in [1.29, 1.82) is 0 Å². The number of anilines is 1. The molecule has 0 unspecified atom stereocenters. The van der Waals surface area contributed by atoms with Gasteiger partial charge in [0, 0.05) is 31.3 Å². The van der Waals surface area contributed by atoms with E-state index in [2.05, 4.69) is 22.5 Å². The van der Waals surface area contributed by atoms with Crippen LogP contribution >= 0.6 is 11.3 Å². The van der Waals surface area contributed by atoms with Gasteiger partial charge in [0.1, 0.15) is 6.54 Å². The lowest BCUT2D eigenvalue weighted by atomic mass is 10.3. The first-order valence-electron chi connectivity index (χ1n) is 7.30. The highest BCUT2D eigenvalue weighted by Crippen LogP contribution is 2.16. The number of hydrogen-bond donors (Lipinski definition) is 2. The second-order valence-corrected chi connectivity index (χ2v) is 6.06. The molecule has 124 valence electrons. The molecule has 0 saturated carbocycles. The Hall–Kier alpha value is -1.67. The van der Waals surface area contributed by atoms with E-state index >= 15 is 0 Å². The molecule has 7 nitrogen and oxygen atoms in total. The molecule has 1 heterocycles. The monoisotopic (exact) mass is 328 g/mol. The van der Waals surface area contributed by atoms with Crippen LogP contribution in [0.5, 0.6) is 0 Å². The van der Waals surface area contributed by atoms with Gasteiger partial charge in [0.15, 0.2) is 5.13 Å². The lowest BCUT2D eigenvalue weighted by Gasteiger charge is -2.22. The molecule has 8 heteroatoms. The second-order valence-electron chi connectivity index (χ2n) is 4.82. The Kier molecular flexibility index (Phi) is 8.46. The van der Waals surface area contributed by atoms with Crippen LogP contribution in [0.1, 0.15) is 24.6 Å². The van der Waals surface area contributed by atoms with E-state index in [1.54, 1.807) is 13.3 Å². The summed E-state index contributed by atoms with van der Waals surface area (Å²) in [5.41, 5.74) is 0. The van der Waals surface area contributed by atoms with Crippen molar-refractivity contribution >= 4 is 28.4 Å². The normalized spacial score (nSPS) is 10.3. The molecule has 1 rings (SSSR count). The first-order chi connectivity index (χ1) is 10.6. The molecule has 1 aromatic rings. The van der Waals surface area contributed by atoms with Crippen molar-refractivity contribution in [2.24, 2.45) is 0 Å². The van der Waals surface area contributed by atoms with Gasteiger partial charge in [-0.1, -0.05) is 13.3 Å². The fourth-order valence-corrected chi connectivity index (χ4v) is 2.36. The topological polar surface area (TPSA) is 83.6 Å². The largest absolute Gasteiger partial charge is 0.383 e. The summed E-state index contributed by atoms with van der Waals surface area (Å²) in [7, 11) is 1.56. The molecule has 0 bridgehead atoms. The molecule has 22 heavy (non-hydrogen) atoms. The molecular formula is C14H24N4O3S. The zero-order chi connectivity index (χ0) is 16.4. The number of methoxy groups -OCH3 is 1. The van der Waals surface area contributed by atoms with Crippen LogP contribution in [0.15, 0.2) is 6.20 Å². The highest BCUT2D eigenvalue weighted by molar-refractivity contribution is 7.15. The maximum Gasteiger partial charge on any atom is 0.317 e. The summed E-state index contributed by atoms with van der Waals surface area (Å²) in [5.74, 6) is -0.268. The lowest BCUT2D eigenvalue weighted by molar-refractivity contribution is -0.116. The second kappa shape index (κ2) is 10.1. The summed E-state index contributed by atoms with van der Waals surface area (Å²) < 4.78 is 4.99. The number of carbonyl (C=O) groups is 2. The van der Waals surface area contributed by atoms with Crippen LogP contribution < -0.4 is 10.6 Å². The van der Waals surface area contributed by atoms with Gasteiger partial charge in [0.05, 0.1) is 6.61 Å². The van der Waals surface area contributed by atoms with Crippen LogP contribution in [0.2, 0.25) is 0 Å². The van der Waals surface area contributed by atoms with Gasteiger partial charge in [0.25, 0.3) is 0 Å². The van der Waals surface area contributed by atoms with Crippen molar-refractivity contribution in [3.63, 3.8) is 0 Å². The third kappa shape index (κ3) is 6.86. The summed E-state index contributed by atoms with van der Waals surface area (Å²) in [6, 6.07) is -0.254. The average Bonchev–Trinajstić information content (AvgIpc) is 2.88. The van der Waals surface area contributed by atoms with E-state index in [0.29, 0.717) is 24.8 Å². The van der Waals surface area contributed by atoms with Crippen LogP contribution in [-0.2, 0) is 9.53 Å². The van der Waals surface area contributed by atoms with Gasteiger partial charge in [-0.05, 0) is 13.3 Å². The average molecular weight is 328 g/mol. The van der Waals surface area contributed by atoms with Gasteiger partial charge in [-0.15, -0.1) is 11.3 Å². The SMILES string of the molecule is CCCCNC(=O)N(CCOC)CC(=O)Nc1ncc(C)s1. The first-order valence-corrected chi connectivity index (χ1v) is 8.12. The Bertz CT molecular complexity index is 478. The number of thiazole rings is 1. The minimum absolute atomic E-state index is 0.0278. The number of unbranched alkanes of at least 4 members (excludes halogenated alkanes) is 1. The third-order valence-corrected chi connectivity index (χ3v) is 3.69. The molecular weight excluding hydrogens is 304 g/mol. The smallest absolute Gasteiger partial charge is 0.317 e. The number of amides is 3. The van der Waals surface area contributed by atoms with E-state index in [9.17, 15) is 9.59 Å². The number of rotatable bonds is 9. The van der Waals surface area contributed by atoms with Gasteiger partial charge in [-0.3, -0.25) is 4.79 Å². The standard InChI is InChI=1S/C14H24N4O3S/c1-4-5-6-15-14(20)18(7-8-21-3)10-12(19)17-13-16-9-11(2)22-13/h9H,4-8,10H2,1-3H3,(H,15,20)(H,16,17,19). The highest BCUT2D eigenvalue weighted by atomic mass is 32.1. The highest BCUT2D eigenvalue weighted by Gasteiger charge is 2.17. The molecule has 0 radical (unpaired) electrons. The number of urea groups is 1. The summed E-state index contributed by atoms with van der Waals surface area (Å²) in [5, 5.41) is 6.04. The van der Waals surface area contributed by atoms with Gasteiger partial charge in [-0.25, -0.2) is 9.78 Å². The van der Waals surface area contributed by atoms with Crippen LogP contribution in [0, 0.1) is 6.92 Å². The Morgan fingerprint density at radius 1 is 1.45 bits per heavy atom. The molecule has 0 aromatic carbocycles. The minimum Gasteiger partial charge on any atom is -0.383 e. The van der Waals surface area contributed by atoms with Crippen LogP contribution in [0.4, 0.5) is 9.93 Å². The molecule has 1 aromatic heterocycles. The number of aromatic nitrogens is 1. The van der Waals surface area contributed by atoms with E-state index in [-0.39, 0.29) is 18.5 Å². The van der Waals surface area contributed by atoms with E-state index in [4.69, 9.17) is 4.74 Å². The summed E-state index contributed by atoms with van der Waals surface area (Å²) >= 11 is 1.40. The quantitative estimate of drug-likeness (QED) is 0.678. The van der Waals surface area contributed by atoms with Gasteiger partial charge < -0.3 is 20.3 Å². The van der Waals surface area contributed by atoms with Gasteiger partial charge >= 0.3 is 6.03 Å². The summed E-state index contributed by atoms with van der Waals surface area (Å²) in [4.78, 5) is 30.6. The van der Waals surface area contributed by atoms with Crippen molar-refractivity contribution in [3.8, 4) is 0 Å². The van der Waals surface area contributed by atoms with Gasteiger partial charge in [-0.2, -0.15) is 0 Å². The fourth-order valence-electron chi connectivity index (χ4n) is 1.68. The Morgan fingerprint density at radius 2 is 2.23 bits per heavy atom. The maximum absolute atomic E-state index is 12.1. The predicted molar refractivity (Wildman–Crippen MR) is 87.2 cm³/mol. The summed E-state index contributed by atoms with van der Waals surface area (Å²) in [6.45, 7) is 5.29. The zero-order valence-corrected chi connectivity index (χ0v) is 14.2. The van der Waals surface area contributed by atoms with E-state index in [1.807, 2.05) is 6.92 Å². The molecule has 2 N–H and O–H groups in total. The third-order valence-electron chi connectivity index (χ3n) is 2.86. The van der Waals surface area contributed by atoms with Crippen molar-refractivity contribution in [2.45, 2.75) is 26.7 Å². The number of carbonyl (C=O) groups excluding carboxylic acids is 2. The summed E-state index contributed by atoms with van der Waals surface area (Å²) in [6.07, 6.45) is 3.61. The maximum atomic E-state index is 12.1. The molecule has 0 aliphatic rings. The number of ether oxygens (including phenoxy) is 1. The molecule has 0 spiro atoms. The lowest BCUT2D eigenvalue weighted by Crippen LogP contribution is -2.45. The Morgan fingerprint density at radius 3 is 2.82 bits per heavy atom.